The third-order valence-electron chi connectivity index (χ3n) is 5.46. The number of hydrogen-bond donors (Lipinski definition) is 0. The molecule has 1 saturated heterocycles. The highest BCUT2D eigenvalue weighted by Gasteiger charge is 2.51. The first-order chi connectivity index (χ1) is 13.4. The van der Waals surface area contributed by atoms with Gasteiger partial charge in [-0.25, -0.2) is 4.79 Å². The number of rotatable bonds is 7. The molecule has 3 atom stereocenters. The van der Waals surface area contributed by atoms with E-state index < -0.39 is 12.0 Å². The van der Waals surface area contributed by atoms with Crippen molar-refractivity contribution in [2.75, 3.05) is 13.2 Å². The quantitative estimate of drug-likeness (QED) is 0.309. The second kappa shape index (κ2) is 8.54. The summed E-state index contributed by atoms with van der Waals surface area (Å²) in [6.07, 6.45) is 3.28. The molecule has 150 valence electrons. The Morgan fingerprint density at radius 2 is 1.68 bits per heavy atom. The van der Waals surface area contributed by atoms with Crippen LogP contribution >= 0.6 is 0 Å². The van der Waals surface area contributed by atoms with Gasteiger partial charge in [0.05, 0.1) is 17.4 Å². The van der Waals surface area contributed by atoms with E-state index in [4.69, 9.17) is 9.47 Å². The molecule has 3 rings (SSSR count). The zero-order chi connectivity index (χ0) is 20.3. The van der Waals surface area contributed by atoms with E-state index in [1.165, 1.54) is 13.8 Å². The summed E-state index contributed by atoms with van der Waals surface area (Å²) in [5.41, 5.74) is 0.457. The van der Waals surface area contributed by atoms with Gasteiger partial charge in [-0.2, -0.15) is 0 Å². The zero-order valence-electron chi connectivity index (χ0n) is 16.2. The minimum Gasteiger partial charge on any atom is -0.489 e. The lowest BCUT2D eigenvalue weighted by atomic mass is 9.81. The Kier molecular flexibility index (Phi) is 6.11. The maximum Gasteiger partial charge on any atom is 0.329 e. The van der Waals surface area contributed by atoms with E-state index in [2.05, 4.69) is 0 Å². The fourth-order valence-electron chi connectivity index (χ4n) is 3.97. The first-order valence-electron chi connectivity index (χ1n) is 9.68. The van der Waals surface area contributed by atoms with Crippen LogP contribution in [0.1, 0.15) is 49.9 Å². The van der Waals surface area contributed by atoms with Crippen LogP contribution in [0.15, 0.2) is 24.3 Å². The van der Waals surface area contributed by atoms with Gasteiger partial charge in [-0.05, 0) is 38.8 Å². The van der Waals surface area contributed by atoms with Crippen molar-refractivity contribution in [3.05, 3.63) is 29.8 Å². The number of nitrogens with zero attached hydrogens (tertiary/aromatic N) is 1. The fourth-order valence-corrected chi connectivity index (χ4v) is 3.97. The highest BCUT2D eigenvalue weighted by Crippen LogP contribution is 2.38. The number of imide groups is 1. The largest absolute Gasteiger partial charge is 0.489 e. The number of benzene rings is 1. The Morgan fingerprint density at radius 1 is 1.07 bits per heavy atom. The Morgan fingerprint density at radius 3 is 2.29 bits per heavy atom. The van der Waals surface area contributed by atoms with E-state index in [-0.39, 0.29) is 42.6 Å². The van der Waals surface area contributed by atoms with Crippen LogP contribution < -0.4 is 4.74 Å². The van der Waals surface area contributed by atoms with Crippen LogP contribution in [0.5, 0.6) is 5.75 Å². The van der Waals surface area contributed by atoms with E-state index in [9.17, 15) is 19.2 Å². The molecule has 0 unspecified atom stereocenters. The van der Waals surface area contributed by atoms with Gasteiger partial charge < -0.3 is 9.47 Å². The van der Waals surface area contributed by atoms with Crippen molar-refractivity contribution in [1.82, 2.24) is 4.90 Å². The molecule has 1 saturated carbocycles. The molecular formula is C21H25NO6. The summed E-state index contributed by atoms with van der Waals surface area (Å²) in [5.74, 6) is -1.42. The lowest BCUT2D eigenvalue weighted by molar-refractivity contribution is -0.158. The molecule has 0 N–H and O–H groups in total. The van der Waals surface area contributed by atoms with Gasteiger partial charge >= 0.3 is 5.97 Å². The third-order valence-corrected chi connectivity index (χ3v) is 5.46. The third kappa shape index (κ3) is 3.93. The van der Waals surface area contributed by atoms with Gasteiger partial charge in [0, 0.05) is 0 Å². The number of Topliss-reactive ketones (excluding diaryl/α,β-unsaturated/α-hetero) is 1. The molecule has 0 spiro atoms. The van der Waals surface area contributed by atoms with Crippen molar-refractivity contribution in [1.29, 1.82) is 0 Å². The molecule has 7 nitrogen and oxygen atoms in total. The standard InChI is InChI=1S/C21H25NO6/c1-13(22-19(24)16-8-3-4-9-17(16)20(22)25)21(26)28-12-11-27-18-10-6-5-7-15(18)14(2)23/h5-7,10,13,16-17H,3-4,8-9,11-12H2,1-2H3/t13-,16+,17+/m0/s1. The number of likely N-dealkylation sites (tertiary alicyclic amines) is 1. The molecule has 0 aromatic heterocycles. The van der Waals surface area contributed by atoms with Crippen LogP contribution in [0.3, 0.4) is 0 Å². The number of fused-ring (bicyclic) bond motifs is 1. The zero-order valence-corrected chi connectivity index (χ0v) is 16.2. The number of carbonyl (C=O) groups is 4. The lowest BCUT2D eigenvalue weighted by Crippen LogP contribution is -2.44. The first-order valence-corrected chi connectivity index (χ1v) is 9.68. The van der Waals surface area contributed by atoms with Crippen molar-refractivity contribution < 1.29 is 28.7 Å². The summed E-state index contributed by atoms with van der Waals surface area (Å²) < 4.78 is 10.7. The van der Waals surface area contributed by atoms with Gasteiger partial charge in [-0.1, -0.05) is 25.0 Å². The minimum absolute atomic E-state index is 0.0432. The number of carbonyl (C=O) groups excluding carboxylic acids is 4. The molecule has 1 aliphatic carbocycles. The number of ketones is 1. The number of amides is 2. The van der Waals surface area contributed by atoms with E-state index in [1.807, 2.05) is 0 Å². The summed E-state index contributed by atoms with van der Waals surface area (Å²) in [7, 11) is 0. The predicted molar refractivity (Wildman–Crippen MR) is 99.7 cm³/mol. The highest BCUT2D eigenvalue weighted by atomic mass is 16.6. The van der Waals surface area contributed by atoms with Crippen LogP contribution in [0.25, 0.3) is 0 Å². The molecule has 1 aromatic rings. The molecule has 28 heavy (non-hydrogen) atoms. The van der Waals surface area contributed by atoms with E-state index in [0.717, 1.165) is 17.7 Å². The molecular weight excluding hydrogens is 362 g/mol. The SMILES string of the molecule is CC(=O)c1ccccc1OCCOC(=O)[C@H](C)N1C(=O)[C@@H]2CCCC[C@H]2C1=O. The monoisotopic (exact) mass is 387 g/mol. The predicted octanol–water partition coefficient (Wildman–Crippen LogP) is 2.37. The summed E-state index contributed by atoms with van der Waals surface area (Å²) in [4.78, 5) is 50.1. The van der Waals surface area contributed by atoms with Gasteiger partial charge in [0.15, 0.2) is 5.78 Å². The molecule has 7 heteroatoms. The molecule has 2 aliphatic rings. The van der Waals surface area contributed by atoms with Gasteiger partial charge in [-0.3, -0.25) is 19.3 Å². The number of hydrogen-bond acceptors (Lipinski definition) is 6. The van der Waals surface area contributed by atoms with Crippen molar-refractivity contribution in [2.24, 2.45) is 11.8 Å². The normalized spacial score (nSPS) is 22.6. The van der Waals surface area contributed by atoms with Crippen LogP contribution in [-0.2, 0) is 19.1 Å². The lowest BCUT2D eigenvalue weighted by Gasteiger charge is -2.21. The molecule has 0 radical (unpaired) electrons. The van der Waals surface area contributed by atoms with Gasteiger partial charge in [0.25, 0.3) is 0 Å². The van der Waals surface area contributed by atoms with Crippen LogP contribution in [-0.4, -0.2) is 47.7 Å². The van der Waals surface area contributed by atoms with Crippen LogP contribution in [0, 0.1) is 11.8 Å². The maximum absolute atomic E-state index is 12.6. The summed E-state index contributed by atoms with van der Waals surface area (Å²) in [6, 6.07) is 5.88. The van der Waals surface area contributed by atoms with Crippen LogP contribution in [0.4, 0.5) is 0 Å². The molecule has 0 bridgehead atoms. The Balaban J connectivity index is 1.52. The minimum atomic E-state index is -0.949. The topological polar surface area (TPSA) is 90.0 Å². The second-order valence-corrected chi connectivity index (χ2v) is 7.29. The number of ether oxygens (including phenoxy) is 2. The van der Waals surface area contributed by atoms with Crippen molar-refractivity contribution in [3.8, 4) is 5.75 Å². The Labute approximate surface area is 164 Å². The van der Waals surface area contributed by atoms with Crippen molar-refractivity contribution >= 4 is 23.6 Å². The van der Waals surface area contributed by atoms with E-state index in [0.29, 0.717) is 24.2 Å². The Hall–Kier alpha value is -2.70. The molecule has 2 fully saturated rings. The number of esters is 1. The van der Waals surface area contributed by atoms with E-state index >= 15 is 0 Å². The summed E-state index contributed by atoms with van der Waals surface area (Å²) >= 11 is 0. The van der Waals surface area contributed by atoms with E-state index in [1.54, 1.807) is 24.3 Å². The maximum atomic E-state index is 12.6. The van der Waals surface area contributed by atoms with Crippen LogP contribution in [0.2, 0.25) is 0 Å². The van der Waals surface area contributed by atoms with Crippen molar-refractivity contribution in [3.63, 3.8) is 0 Å². The highest BCUT2D eigenvalue weighted by molar-refractivity contribution is 6.07. The molecule has 1 heterocycles. The van der Waals surface area contributed by atoms with Gasteiger partial charge in [-0.15, -0.1) is 0 Å². The smallest absolute Gasteiger partial charge is 0.329 e. The van der Waals surface area contributed by atoms with Crippen molar-refractivity contribution in [2.45, 2.75) is 45.6 Å². The van der Waals surface area contributed by atoms with Gasteiger partial charge in [0.2, 0.25) is 11.8 Å². The summed E-state index contributed by atoms with van der Waals surface area (Å²) in [5, 5.41) is 0. The Bertz CT molecular complexity index is 765. The average molecular weight is 387 g/mol. The average Bonchev–Trinajstić information content (AvgIpc) is 2.95. The van der Waals surface area contributed by atoms with Gasteiger partial charge in [0.1, 0.15) is 25.0 Å². The molecule has 2 amide bonds. The number of para-hydroxylation sites is 1. The molecule has 1 aliphatic heterocycles. The first kappa shape index (κ1) is 20.0. The summed E-state index contributed by atoms with van der Waals surface area (Å²) in [6.45, 7) is 2.99. The fraction of sp³-hybridized carbons (Fsp3) is 0.524. The second-order valence-electron chi connectivity index (χ2n) is 7.29. The molecule has 1 aromatic carbocycles.